The third kappa shape index (κ3) is 3.95. The molecule has 10 heteroatoms. The summed E-state index contributed by atoms with van der Waals surface area (Å²) in [5, 5.41) is 3.93. The smallest absolute Gasteiger partial charge is 0.418 e. The van der Waals surface area contributed by atoms with E-state index in [1.54, 1.807) is 12.0 Å². The quantitative estimate of drug-likeness (QED) is 0.720. The van der Waals surface area contributed by atoms with E-state index in [4.69, 9.17) is 14.0 Å². The monoisotopic (exact) mass is 380 g/mol. The predicted molar refractivity (Wildman–Crippen MR) is 90.5 cm³/mol. The first-order valence-corrected chi connectivity index (χ1v) is 8.99. The maximum absolute atomic E-state index is 12.8. The zero-order chi connectivity index (χ0) is 19.6. The molecule has 1 aromatic heterocycles. The van der Waals surface area contributed by atoms with E-state index in [9.17, 15) is 14.4 Å². The molecule has 27 heavy (non-hydrogen) atoms. The van der Waals surface area contributed by atoms with Crippen molar-refractivity contribution >= 4 is 17.9 Å². The number of carbonyl (C=O) groups is 3. The fraction of sp³-hybridized carbons (Fsp3) is 0.706. The number of cyclic esters (lactones) is 1. The van der Waals surface area contributed by atoms with Gasteiger partial charge in [0, 0.05) is 20.1 Å². The molecule has 10 nitrogen and oxygen atoms in total. The zero-order valence-corrected chi connectivity index (χ0v) is 15.8. The van der Waals surface area contributed by atoms with Crippen LogP contribution in [0.5, 0.6) is 0 Å². The minimum atomic E-state index is -1.25. The summed E-state index contributed by atoms with van der Waals surface area (Å²) in [4.78, 5) is 43.9. The first kappa shape index (κ1) is 19.3. The number of amides is 3. The summed E-state index contributed by atoms with van der Waals surface area (Å²) in [6.07, 6.45) is 2.15. The number of imide groups is 1. The number of aromatic nitrogens is 2. The van der Waals surface area contributed by atoms with E-state index in [0.717, 1.165) is 17.7 Å². The Bertz CT molecular complexity index is 731. The molecule has 0 aliphatic carbocycles. The van der Waals surface area contributed by atoms with E-state index in [2.05, 4.69) is 10.1 Å². The minimum Gasteiger partial charge on any atom is -0.433 e. The van der Waals surface area contributed by atoms with Crippen molar-refractivity contribution in [2.75, 3.05) is 26.8 Å². The molecule has 1 aromatic rings. The van der Waals surface area contributed by atoms with Gasteiger partial charge in [-0.1, -0.05) is 5.16 Å². The van der Waals surface area contributed by atoms with Gasteiger partial charge in [0.2, 0.25) is 11.8 Å². The number of carbonyl (C=O) groups excluding carboxylic acids is 3. The van der Waals surface area contributed by atoms with Crippen LogP contribution in [0.2, 0.25) is 0 Å². The SMILES string of the molecule is COCCc1noc(C2CCCCN2C(=O)CN2C(=O)OC(C)(C)C2=O)n1. The molecule has 2 saturated heterocycles. The summed E-state index contributed by atoms with van der Waals surface area (Å²) >= 11 is 0. The average Bonchev–Trinajstić information content (AvgIpc) is 3.18. The van der Waals surface area contributed by atoms with E-state index in [1.807, 2.05) is 0 Å². The Balaban J connectivity index is 1.71. The lowest BCUT2D eigenvalue weighted by molar-refractivity contribution is -0.142. The number of methoxy groups -OCH3 is 1. The van der Waals surface area contributed by atoms with E-state index in [1.165, 1.54) is 13.8 Å². The Hall–Kier alpha value is -2.49. The van der Waals surface area contributed by atoms with Gasteiger partial charge in [-0.2, -0.15) is 4.98 Å². The third-order valence-corrected chi connectivity index (χ3v) is 4.74. The van der Waals surface area contributed by atoms with Gasteiger partial charge in [-0.15, -0.1) is 0 Å². The van der Waals surface area contributed by atoms with E-state index >= 15 is 0 Å². The molecule has 0 radical (unpaired) electrons. The maximum Gasteiger partial charge on any atom is 0.418 e. The van der Waals surface area contributed by atoms with Crippen molar-refractivity contribution in [1.82, 2.24) is 19.9 Å². The Morgan fingerprint density at radius 1 is 1.33 bits per heavy atom. The van der Waals surface area contributed by atoms with Crippen LogP contribution in [0.3, 0.4) is 0 Å². The first-order chi connectivity index (χ1) is 12.8. The van der Waals surface area contributed by atoms with Crippen LogP contribution in [0.1, 0.15) is 50.9 Å². The molecule has 2 aliphatic rings. The Kier molecular flexibility index (Phi) is 5.45. The molecule has 0 N–H and O–H groups in total. The van der Waals surface area contributed by atoms with Crippen LogP contribution >= 0.6 is 0 Å². The van der Waals surface area contributed by atoms with Gasteiger partial charge in [-0.25, -0.2) is 9.69 Å². The van der Waals surface area contributed by atoms with Gasteiger partial charge >= 0.3 is 6.09 Å². The number of hydrogen-bond donors (Lipinski definition) is 0. The van der Waals surface area contributed by atoms with Gasteiger partial charge in [-0.3, -0.25) is 9.59 Å². The number of nitrogens with zero attached hydrogens (tertiary/aromatic N) is 4. The molecule has 3 heterocycles. The number of hydrogen-bond acceptors (Lipinski definition) is 8. The third-order valence-electron chi connectivity index (χ3n) is 4.74. The molecule has 148 valence electrons. The summed E-state index contributed by atoms with van der Waals surface area (Å²) in [5.41, 5.74) is -1.25. The second-order valence-corrected chi connectivity index (χ2v) is 7.16. The molecule has 1 unspecified atom stereocenters. The van der Waals surface area contributed by atoms with Crippen LogP contribution in [0.4, 0.5) is 4.79 Å². The largest absolute Gasteiger partial charge is 0.433 e. The summed E-state index contributed by atoms with van der Waals surface area (Å²) in [5.74, 6) is 0.0167. The van der Waals surface area contributed by atoms with Gasteiger partial charge < -0.3 is 18.9 Å². The second kappa shape index (κ2) is 7.63. The number of rotatable bonds is 6. The molecule has 3 amide bonds. The normalized spacial score (nSPS) is 22.3. The fourth-order valence-corrected chi connectivity index (χ4v) is 3.27. The van der Waals surface area contributed by atoms with Crippen molar-refractivity contribution in [3.05, 3.63) is 11.7 Å². The Morgan fingerprint density at radius 2 is 2.11 bits per heavy atom. The molecule has 3 rings (SSSR count). The summed E-state index contributed by atoms with van der Waals surface area (Å²) in [7, 11) is 1.59. The van der Waals surface area contributed by atoms with Crippen molar-refractivity contribution < 1.29 is 28.4 Å². The highest BCUT2D eigenvalue weighted by Gasteiger charge is 2.48. The highest BCUT2D eigenvalue weighted by molar-refractivity contribution is 6.04. The Morgan fingerprint density at radius 3 is 2.78 bits per heavy atom. The number of likely N-dealkylation sites (tertiary alicyclic amines) is 1. The number of piperidine rings is 1. The summed E-state index contributed by atoms with van der Waals surface area (Å²) in [6.45, 7) is 3.62. The highest BCUT2D eigenvalue weighted by Crippen LogP contribution is 2.31. The molecular weight excluding hydrogens is 356 g/mol. The fourth-order valence-electron chi connectivity index (χ4n) is 3.27. The predicted octanol–water partition coefficient (Wildman–Crippen LogP) is 1.07. The maximum atomic E-state index is 12.8. The summed E-state index contributed by atoms with van der Waals surface area (Å²) in [6, 6.07) is -0.364. The minimum absolute atomic E-state index is 0.348. The topological polar surface area (TPSA) is 115 Å². The summed E-state index contributed by atoms with van der Waals surface area (Å²) < 4.78 is 15.4. The van der Waals surface area contributed by atoms with Crippen LogP contribution in [0.25, 0.3) is 0 Å². The molecule has 0 spiro atoms. The van der Waals surface area contributed by atoms with Crippen LogP contribution in [-0.2, 0) is 25.5 Å². The standard InChI is InChI=1S/C17H24N4O6/c1-17(2)15(23)21(16(24)26-17)10-13(22)20-8-5-4-6-11(20)14-18-12(19-27-14)7-9-25-3/h11H,4-10H2,1-3H3. The lowest BCUT2D eigenvalue weighted by atomic mass is 10.0. The van der Waals surface area contributed by atoms with Crippen molar-refractivity contribution in [2.24, 2.45) is 0 Å². The molecule has 0 aromatic carbocycles. The molecular formula is C17H24N4O6. The van der Waals surface area contributed by atoms with Crippen molar-refractivity contribution in [3.8, 4) is 0 Å². The lowest BCUT2D eigenvalue weighted by Gasteiger charge is -2.34. The van der Waals surface area contributed by atoms with Crippen molar-refractivity contribution in [2.45, 2.75) is 51.2 Å². The first-order valence-electron chi connectivity index (χ1n) is 8.99. The van der Waals surface area contributed by atoms with Crippen molar-refractivity contribution in [1.29, 1.82) is 0 Å². The average molecular weight is 380 g/mol. The van der Waals surface area contributed by atoms with Crippen LogP contribution in [0.15, 0.2) is 4.52 Å². The zero-order valence-electron chi connectivity index (χ0n) is 15.8. The Labute approximate surface area is 156 Å². The second-order valence-electron chi connectivity index (χ2n) is 7.16. The van der Waals surface area contributed by atoms with Gasteiger partial charge in [0.25, 0.3) is 5.91 Å². The van der Waals surface area contributed by atoms with Crippen LogP contribution in [-0.4, -0.2) is 70.3 Å². The van der Waals surface area contributed by atoms with E-state index in [0.29, 0.717) is 37.7 Å². The van der Waals surface area contributed by atoms with E-state index in [-0.39, 0.29) is 18.5 Å². The van der Waals surface area contributed by atoms with Crippen molar-refractivity contribution in [3.63, 3.8) is 0 Å². The van der Waals surface area contributed by atoms with Gasteiger partial charge in [0.15, 0.2) is 11.4 Å². The molecule has 2 fully saturated rings. The van der Waals surface area contributed by atoms with Gasteiger partial charge in [0.05, 0.1) is 6.61 Å². The lowest BCUT2D eigenvalue weighted by Crippen LogP contribution is -2.47. The molecule has 1 atom stereocenters. The molecule has 0 bridgehead atoms. The van der Waals surface area contributed by atoms with Crippen LogP contribution < -0.4 is 0 Å². The highest BCUT2D eigenvalue weighted by atomic mass is 16.6. The van der Waals surface area contributed by atoms with E-state index < -0.39 is 17.6 Å². The molecule has 2 aliphatic heterocycles. The molecule has 0 saturated carbocycles. The van der Waals surface area contributed by atoms with Gasteiger partial charge in [0.1, 0.15) is 12.6 Å². The van der Waals surface area contributed by atoms with Crippen LogP contribution in [0, 0.1) is 0 Å². The van der Waals surface area contributed by atoms with Gasteiger partial charge in [-0.05, 0) is 33.1 Å². The number of ether oxygens (including phenoxy) is 2.